The Balaban J connectivity index is 1.82. The Morgan fingerprint density at radius 1 is 1.16 bits per heavy atom. The van der Waals surface area contributed by atoms with Gasteiger partial charge >= 0.3 is 5.97 Å². The normalized spacial score (nSPS) is 14.9. The van der Waals surface area contributed by atoms with E-state index in [1.165, 1.54) is 7.11 Å². The van der Waals surface area contributed by atoms with E-state index in [1.807, 2.05) is 12.1 Å². The van der Waals surface area contributed by atoms with E-state index >= 15 is 0 Å². The van der Waals surface area contributed by atoms with Gasteiger partial charge in [-0.1, -0.05) is 35.9 Å². The van der Waals surface area contributed by atoms with E-state index in [0.29, 0.717) is 22.1 Å². The largest absolute Gasteiger partial charge is 0.493 e. The molecule has 2 aromatic carbocycles. The van der Waals surface area contributed by atoms with Crippen LogP contribution in [-0.4, -0.2) is 41.8 Å². The van der Waals surface area contributed by atoms with Gasteiger partial charge in [0.15, 0.2) is 11.5 Å². The molecule has 0 saturated carbocycles. The number of hydrogen-bond donors (Lipinski definition) is 0. The fourth-order valence-electron chi connectivity index (χ4n) is 2.90. The van der Waals surface area contributed by atoms with Crippen LogP contribution in [0.4, 0.5) is 4.79 Å². The number of methoxy groups -OCH3 is 1. The number of benzene rings is 2. The van der Waals surface area contributed by atoms with Gasteiger partial charge in [-0.2, -0.15) is 0 Å². The molecule has 2 amide bonds. The molecule has 0 unspecified atom stereocenters. The summed E-state index contributed by atoms with van der Waals surface area (Å²) in [6.07, 6.45) is 1.22. The number of carbonyl (C=O) groups excluding carboxylic acids is 3. The fraction of sp³-hybridized carbons (Fsp3) is 0.261. The van der Waals surface area contributed by atoms with Crippen molar-refractivity contribution in [2.45, 2.75) is 26.6 Å². The molecule has 3 rings (SSSR count). The summed E-state index contributed by atoms with van der Waals surface area (Å²) in [6.45, 7) is 3.21. The van der Waals surface area contributed by atoms with Crippen molar-refractivity contribution in [1.82, 2.24) is 4.90 Å². The molecule has 0 atom stereocenters. The number of carbonyl (C=O) groups is 3. The van der Waals surface area contributed by atoms with Gasteiger partial charge in [-0.3, -0.25) is 19.3 Å². The highest BCUT2D eigenvalue weighted by molar-refractivity contribution is 8.18. The maximum Gasteiger partial charge on any atom is 0.326 e. The van der Waals surface area contributed by atoms with E-state index in [-0.39, 0.29) is 17.6 Å². The first kappa shape index (κ1) is 23.7. The van der Waals surface area contributed by atoms with Gasteiger partial charge in [0, 0.05) is 10.6 Å². The Morgan fingerprint density at radius 3 is 2.53 bits per heavy atom. The highest BCUT2D eigenvalue weighted by Gasteiger charge is 2.37. The monoisotopic (exact) mass is 475 g/mol. The number of amides is 2. The van der Waals surface area contributed by atoms with Gasteiger partial charge in [-0.15, -0.1) is 0 Å². The lowest BCUT2D eigenvalue weighted by molar-refractivity contribution is -0.149. The molecule has 0 N–H and O–H groups in total. The third-order valence-corrected chi connectivity index (χ3v) is 5.50. The zero-order valence-electron chi connectivity index (χ0n) is 17.8. The van der Waals surface area contributed by atoms with Crippen LogP contribution in [-0.2, 0) is 20.9 Å². The van der Waals surface area contributed by atoms with Crippen LogP contribution in [0.2, 0.25) is 5.02 Å². The van der Waals surface area contributed by atoms with Crippen LogP contribution in [0, 0.1) is 0 Å². The molecular formula is C23H22ClNO6S. The first-order valence-electron chi connectivity index (χ1n) is 9.77. The molecule has 7 nitrogen and oxygen atoms in total. The van der Waals surface area contributed by atoms with Crippen molar-refractivity contribution in [1.29, 1.82) is 0 Å². The molecular weight excluding hydrogens is 454 g/mol. The van der Waals surface area contributed by atoms with Crippen LogP contribution in [0.1, 0.15) is 25.0 Å². The molecule has 9 heteroatoms. The average molecular weight is 476 g/mol. The van der Waals surface area contributed by atoms with Crippen molar-refractivity contribution in [3.05, 3.63) is 63.5 Å². The maximum atomic E-state index is 12.7. The Labute approximate surface area is 195 Å². The van der Waals surface area contributed by atoms with Crippen molar-refractivity contribution in [3.8, 4) is 11.5 Å². The SMILES string of the molecule is COc1cccc(/C=C2\SC(=O)N(CC(=O)OC(C)C)C2=O)c1OCc1ccc(Cl)cc1. The van der Waals surface area contributed by atoms with E-state index in [1.54, 1.807) is 50.3 Å². The van der Waals surface area contributed by atoms with Crippen LogP contribution < -0.4 is 9.47 Å². The molecule has 0 aromatic heterocycles. The molecule has 1 saturated heterocycles. The summed E-state index contributed by atoms with van der Waals surface area (Å²) in [6, 6.07) is 12.5. The first-order valence-corrected chi connectivity index (χ1v) is 11.0. The average Bonchev–Trinajstić information content (AvgIpc) is 3.00. The molecule has 0 radical (unpaired) electrons. The predicted octanol–water partition coefficient (Wildman–Crippen LogP) is 4.92. The molecule has 1 heterocycles. The number of hydrogen-bond acceptors (Lipinski definition) is 7. The molecule has 0 aliphatic carbocycles. The van der Waals surface area contributed by atoms with E-state index in [4.69, 9.17) is 25.8 Å². The number of thioether (sulfide) groups is 1. The summed E-state index contributed by atoms with van der Waals surface area (Å²) < 4.78 is 16.4. The molecule has 32 heavy (non-hydrogen) atoms. The Morgan fingerprint density at radius 2 is 1.88 bits per heavy atom. The Bertz CT molecular complexity index is 1050. The summed E-state index contributed by atoms with van der Waals surface area (Å²) in [4.78, 5) is 38.0. The minimum atomic E-state index is -0.642. The molecule has 168 valence electrons. The highest BCUT2D eigenvalue weighted by Crippen LogP contribution is 2.37. The third-order valence-electron chi connectivity index (χ3n) is 4.34. The van der Waals surface area contributed by atoms with Crippen molar-refractivity contribution in [2.24, 2.45) is 0 Å². The van der Waals surface area contributed by atoms with Gasteiger partial charge in [0.2, 0.25) is 0 Å². The molecule has 0 spiro atoms. The molecule has 1 aliphatic rings. The van der Waals surface area contributed by atoms with Crippen LogP contribution in [0.25, 0.3) is 6.08 Å². The molecule has 1 fully saturated rings. The summed E-state index contributed by atoms with van der Waals surface area (Å²) >= 11 is 6.68. The fourth-order valence-corrected chi connectivity index (χ4v) is 3.86. The second kappa shape index (κ2) is 10.6. The number of esters is 1. The number of para-hydroxylation sites is 1. The zero-order chi connectivity index (χ0) is 23.3. The Hall–Kier alpha value is -2.97. The summed E-state index contributed by atoms with van der Waals surface area (Å²) in [7, 11) is 1.52. The van der Waals surface area contributed by atoms with Gasteiger partial charge in [-0.25, -0.2) is 0 Å². The topological polar surface area (TPSA) is 82.1 Å². The summed E-state index contributed by atoms with van der Waals surface area (Å²) in [5, 5.41) is 0.0909. The van der Waals surface area contributed by atoms with E-state index in [9.17, 15) is 14.4 Å². The van der Waals surface area contributed by atoms with E-state index in [2.05, 4.69) is 0 Å². The maximum absolute atomic E-state index is 12.7. The summed E-state index contributed by atoms with van der Waals surface area (Å²) in [5.74, 6) is -0.299. The van der Waals surface area contributed by atoms with Crippen LogP contribution in [0.15, 0.2) is 47.4 Å². The van der Waals surface area contributed by atoms with Gasteiger partial charge in [0.1, 0.15) is 13.2 Å². The van der Waals surface area contributed by atoms with Crippen LogP contribution in [0.5, 0.6) is 11.5 Å². The number of ether oxygens (including phenoxy) is 3. The standard InChI is InChI=1S/C23H22ClNO6S/c1-14(2)31-20(26)12-25-22(27)19(32-23(25)28)11-16-5-4-6-18(29-3)21(16)30-13-15-7-9-17(24)10-8-15/h4-11,14H,12-13H2,1-3H3/b19-11-. The minimum Gasteiger partial charge on any atom is -0.493 e. The van der Waals surface area contributed by atoms with Crippen molar-refractivity contribution in [2.75, 3.05) is 13.7 Å². The quantitative estimate of drug-likeness (QED) is 0.396. The minimum absolute atomic E-state index is 0.178. The molecule has 0 bridgehead atoms. The van der Waals surface area contributed by atoms with E-state index < -0.39 is 23.7 Å². The molecule has 2 aromatic rings. The number of nitrogens with zero attached hydrogens (tertiary/aromatic N) is 1. The lowest BCUT2D eigenvalue weighted by atomic mass is 10.1. The van der Waals surface area contributed by atoms with Gasteiger partial charge in [0.25, 0.3) is 11.1 Å². The zero-order valence-corrected chi connectivity index (χ0v) is 19.4. The molecule has 1 aliphatic heterocycles. The Kier molecular flexibility index (Phi) is 7.82. The van der Waals surface area contributed by atoms with E-state index in [0.717, 1.165) is 22.2 Å². The predicted molar refractivity (Wildman–Crippen MR) is 123 cm³/mol. The van der Waals surface area contributed by atoms with Crippen LogP contribution >= 0.6 is 23.4 Å². The van der Waals surface area contributed by atoms with Crippen molar-refractivity contribution < 1.29 is 28.6 Å². The van der Waals surface area contributed by atoms with Gasteiger partial charge < -0.3 is 14.2 Å². The van der Waals surface area contributed by atoms with Gasteiger partial charge in [-0.05, 0) is 55.4 Å². The second-order valence-corrected chi connectivity index (χ2v) is 8.53. The summed E-state index contributed by atoms with van der Waals surface area (Å²) in [5.41, 5.74) is 1.46. The number of imide groups is 1. The van der Waals surface area contributed by atoms with Crippen LogP contribution in [0.3, 0.4) is 0 Å². The van der Waals surface area contributed by atoms with Crippen molar-refractivity contribution >= 4 is 46.6 Å². The van der Waals surface area contributed by atoms with Crippen molar-refractivity contribution in [3.63, 3.8) is 0 Å². The highest BCUT2D eigenvalue weighted by atomic mass is 35.5. The number of rotatable bonds is 8. The van der Waals surface area contributed by atoms with Gasteiger partial charge in [0.05, 0.1) is 18.1 Å². The smallest absolute Gasteiger partial charge is 0.326 e. The third kappa shape index (κ3) is 5.83. The first-order chi connectivity index (χ1) is 15.3. The second-order valence-electron chi connectivity index (χ2n) is 7.10. The lowest BCUT2D eigenvalue weighted by Gasteiger charge is -2.14. The number of halogens is 1. The lowest BCUT2D eigenvalue weighted by Crippen LogP contribution is -2.35.